The molecule has 214 valence electrons. The lowest BCUT2D eigenvalue weighted by Gasteiger charge is -2.33. The molecular formula is C27H27F3N2O7S. The van der Waals surface area contributed by atoms with Crippen molar-refractivity contribution in [2.24, 2.45) is 0 Å². The summed E-state index contributed by atoms with van der Waals surface area (Å²) in [6, 6.07) is 14.4. The third-order valence-electron chi connectivity index (χ3n) is 5.87. The molecule has 1 aliphatic heterocycles. The van der Waals surface area contributed by atoms with Gasteiger partial charge in [0.25, 0.3) is 0 Å². The van der Waals surface area contributed by atoms with Gasteiger partial charge in [-0.1, -0.05) is 48.5 Å². The molecule has 2 heterocycles. The van der Waals surface area contributed by atoms with Crippen LogP contribution in [0.2, 0.25) is 0 Å². The van der Waals surface area contributed by atoms with E-state index in [1.165, 1.54) is 15.7 Å². The highest BCUT2D eigenvalue weighted by molar-refractivity contribution is 7.87. The number of carbonyl (C=O) groups excluding carboxylic acids is 2. The zero-order valence-electron chi connectivity index (χ0n) is 21.8. The van der Waals surface area contributed by atoms with E-state index in [1.807, 2.05) is 0 Å². The molecule has 0 spiro atoms. The Morgan fingerprint density at radius 2 is 1.62 bits per heavy atom. The van der Waals surface area contributed by atoms with Gasteiger partial charge in [-0.25, -0.2) is 9.59 Å². The van der Waals surface area contributed by atoms with Crippen LogP contribution < -0.4 is 0 Å². The lowest BCUT2D eigenvalue weighted by molar-refractivity contribution is -0.0526. The van der Waals surface area contributed by atoms with Crippen LogP contribution in [0.4, 0.5) is 22.8 Å². The summed E-state index contributed by atoms with van der Waals surface area (Å²) < 4.78 is 79.1. The summed E-state index contributed by atoms with van der Waals surface area (Å²) in [5.41, 5.74) is -5.02. The Kier molecular flexibility index (Phi) is 7.88. The first-order valence-corrected chi connectivity index (χ1v) is 13.6. The number of nitrogens with zero attached hydrogens (tertiary/aromatic N) is 2. The van der Waals surface area contributed by atoms with Crippen molar-refractivity contribution in [2.75, 3.05) is 6.54 Å². The van der Waals surface area contributed by atoms with E-state index < -0.39 is 45.2 Å². The molecule has 0 fully saturated rings. The van der Waals surface area contributed by atoms with Crippen LogP contribution in [-0.2, 0) is 30.4 Å². The number of ether oxygens (including phenoxy) is 2. The number of rotatable bonds is 5. The Morgan fingerprint density at radius 1 is 0.975 bits per heavy atom. The second kappa shape index (κ2) is 10.9. The summed E-state index contributed by atoms with van der Waals surface area (Å²) in [5.74, 6) is -0.497. The van der Waals surface area contributed by atoms with Crippen LogP contribution in [0.25, 0.3) is 10.9 Å². The van der Waals surface area contributed by atoms with Crippen LogP contribution >= 0.6 is 0 Å². The number of alkyl halides is 3. The average molecular weight is 581 g/mol. The number of benzene rings is 2. The first-order chi connectivity index (χ1) is 18.7. The first kappa shape index (κ1) is 29.0. The van der Waals surface area contributed by atoms with Crippen LogP contribution in [0.5, 0.6) is 0 Å². The number of hydrogen-bond donors (Lipinski definition) is 0. The quantitative estimate of drug-likeness (QED) is 0.259. The fourth-order valence-electron chi connectivity index (χ4n) is 4.15. The van der Waals surface area contributed by atoms with E-state index in [0.717, 1.165) is 6.08 Å². The number of fused-ring (bicyclic) bond motifs is 1. The molecule has 4 rings (SSSR count). The summed E-state index contributed by atoms with van der Waals surface area (Å²) in [7, 11) is -5.94. The Balaban J connectivity index is 1.76. The molecular weight excluding hydrogens is 553 g/mol. The summed E-state index contributed by atoms with van der Waals surface area (Å²) in [4.78, 5) is 27.4. The minimum absolute atomic E-state index is 0.0713. The van der Waals surface area contributed by atoms with E-state index in [1.54, 1.807) is 75.4 Å². The molecule has 1 aromatic heterocycles. The van der Waals surface area contributed by atoms with Gasteiger partial charge in [0.1, 0.15) is 18.0 Å². The Bertz CT molecular complexity index is 1540. The monoisotopic (exact) mass is 580 g/mol. The predicted octanol–water partition coefficient (Wildman–Crippen LogP) is 6.26. The number of hydrogen-bond acceptors (Lipinski definition) is 7. The maximum Gasteiger partial charge on any atom is 0.534 e. The van der Waals surface area contributed by atoms with Crippen LogP contribution in [0, 0.1) is 0 Å². The molecule has 0 saturated heterocycles. The van der Waals surface area contributed by atoms with Gasteiger partial charge in [-0.05, 0) is 38.5 Å². The van der Waals surface area contributed by atoms with Crippen LogP contribution in [0.1, 0.15) is 44.4 Å². The van der Waals surface area contributed by atoms with Crippen molar-refractivity contribution < 1.29 is 44.8 Å². The Hall–Kier alpha value is -4.00. The highest BCUT2D eigenvalue weighted by Crippen LogP contribution is 2.37. The number of halogens is 3. The zero-order chi connectivity index (χ0) is 29.3. The number of aromatic nitrogens is 1. The van der Waals surface area contributed by atoms with E-state index in [0.29, 0.717) is 22.0 Å². The van der Waals surface area contributed by atoms with E-state index >= 15 is 0 Å². The minimum Gasteiger partial charge on any atom is -0.445 e. The third-order valence-corrected chi connectivity index (χ3v) is 6.87. The van der Waals surface area contributed by atoms with Crippen LogP contribution in [-0.4, -0.2) is 47.7 Å². The van der Waals surface area contributed by atoms with E-state index in [9.17, 15) is 31.2 Å². The topological polar surface area (TPSA) is 104 Å². The summed E-state index contributed by atoms with van der Waals surface area (Å²) in [6.45, 7) is 4.78. The van der Waals surface area contributed by atoms with Gasteiger partial charge in [-0.2, -0.15) is 21.6 Å². The van der Waals surface area contributed by atoms with Gasteiger partial charge in [0.15, 0.2) is 0 Å². The van der Waals surface area contributed by atoms with Crippen molar-refractivity contribution in [3.63, 3.8) is 0 Å². The largest absolute Gasteiger partial charge is 0.534 e. The minimum atomic E-state index is -5.94. The standard InChI is InChI=1S/C27H27F3N2O7S/c1-26(2,3)38-25(34)32-16-21(20-11-7-8-12-22(20)32)23-15-19(39-40(35,36)27(28,29)30)13-14-31(23)24(33)37-17-18-9-5-4-6-10-18/h4-12,15-16,23H,13-14,17H2,1-3H3. The molecule has 0 N–H and O–H groups in total. The maximum absolute atomic E-state index is 13.2. The molecule has 1 aliphatic rings. The lowest BCUT2D eigenvalue weighted by Crippen LogP contribution is -2.39. The van der Waals surface area contributed by atoms with Crippen LogP contribution in [0.15, 0.2) is 72.6 Å². The molecule has 0 aliphatic carbocycles. The molecule has 1 amide bonds. The van der Waals surface area contributed by atoms with Crippen molar-refractivity contribution in [2.45, 2.75) is 51.0 Å². The van der Waals surface area contributed by atoms with Crippen LogP contribution in [0.3, 0.4) is 0 Å². The highest BCUT2D eigenvalue weighted by atomic mass is 32.2. The van der Waals surface area contributed by atoms with E-state index in [-0.39, 0.29) is 19.6 Å². The Morgan fingerprint density at radius 3 is 2.27 bits per heavy atom. The van der Waals surface area contributed by atoms with Crippen molar-refractivity contribution >= 4 is 33.2 Å². The molecule has 1 atom stereocenters. The van der Waals surface area contributed by atoms with Crippen molar-refractivity contribution in [1.82, 2.24) is 9.47 Å². The molecule has 0 saturated carbocycles. The second-order valence-electron chi connectivity index (χ2n) is 10.00. The zero-order valence-corrected chi connectivity index (χ0v) is 22.7. The fraction of sp³-hybridized carbons (Fsp3) is 0.333. The smallest absolute Gasteiger partial charge is 0.445 e. The molecule has 0 radical (unpaired) electrons. The van der Waals surface area contributed by atoms with Gasteiger partial charge in [-0.15, -0.1) is 0 Å². The number of amides is 1. The number of para-hydroxylation sites is 1. The third kappa shape index (κ3) is 6.41. The molecule has 9 nitrogen and oxygen atoms in total. The van der Waals surface area contributed by atoms with Crippen molar-refractivity contribution in [3.05, 3.63) is 83.8 Å². The molecule has 1 unspecified atom stereocenters. The second-order valence-corrected chi connectivity index (χ2v) is 11.5. The van der Waals surface area contributed by atoms with Crippen molar-refractivity contribution in [1.29, 1.82) is 0 Å². The summed E-state index contributed by atoms with van der Waals surface area (Å²) in [6.07, 6.45) is 0.675. The lowest BCUT2D eigenvalue weighted by atomic mass is 10.00. The normalized spacial score (nSPS) is 16.4. The fourth-order valence-corrected chi connectivity index (χ4v) is 4.66. The van der Waals surface area contributed by atoms with Gasteiger partial charge in [0.2, 0.25) is 0 Å². The average Bonchev–Trinajstić information content (AvgIpc) is 3.26. The molecule has 0 bridgehead atoms. The van der Waals surface area contributed by atoms with E-state index in [2.05, 4.69) is 4.18 Å². The molecule has 2 aromatic carbocycles. The van der Waals surface area contributed by atoms with Gasteiger partial charge < -0.3 is 13.7 Å². The van der Waals surface area contributed by atoms with Crippen molar-refractivity contribution in [3.8, 4) is 0 Å². The van der Waals surface area contributed by atoms with Gasteiger partial charge in [-0.3, -0.25) is 9.47 Å². The van der Waals surface area contributed by atoms with E-state index in [4.69, 9.17) is 9.47 Å². The SMILES string of the molecule is CC(C)(C)OC(=O)n1cc(C2C=C(OS(=O)(=O)C(F)(F)F)CCN2C(=O)OCc2ccccc2)c2ccccc21. The molecule has 13 heteroatoms. The van der Waals surface area contributed by atoms with Gasteiger partial charge in [0, 0.05) is 30.1 Å². The summed E-state index contributed by atoms with van der Waals surface area (Å²) in [5, 5.41) is 0.482. The maximum atomic E-state index is 13.2. The highest BCUT2D eigenvalue weighted by Gasteiger charge is 2.49. The summed E-state index contributed by atoms with van der Waals surface area (Å²) >= 11 is 0. The first-order valence-electron chi connectivity index (χ1n) is 12.2. The van der Waals surface area contributed by atoms with Gasteiger partial charge >= 0.3 is 27.8 Å². The molecule has 3 aromatic rings. The van der Waals surface area contributed by atoms with Gasteiger partial charge in [0.05, 0.1) is 11.6 Å². The number of carbonyl (C=O) groups is 2. The predicted molar refractivity (Wildman–Crippen MR) is 138 cm³/mol. The Labute approximate surface area is 228 Å². The molecule has 40 heavy (non-hydrogen) atoms.